The Bertz CT molecular complexity index is 483. The monoisotopic (exact) mass is 208 g/mol. The summed E-state index contributed by atoms with van der Waals surface area (Å²) in [5.41, 5.74) is 6.32. The fourth-order valence-corrected chi connectivity index (χ4v) is 1.12. The van der Waals surface area contributed by atoms with Crippen molar-refractivity contribution in [3.8, 4) is 0 Å². The first-order valence-electron chi connectivity index (χ1n) is 4.27. The standard InChI is InChI=1S/C9H9FN4O/c1-5-2-3-7(6(10)4-5)12-9-14-13-8(11)15-9/h2-4H,1H3,(H2,11,13)(H,12,14). The fourth-order valence-electron chi connectivity index (χ4n) is 1.12. The summed E-state index contributed by atoms with van der Waals surface area (Å²) in [6, 6.07) is 4.76. The van der Waals surface area contributed by atoms with E-state index in [0.29, 0.717) is 0 Å². The molecule has 0 spiro atoms. The molecule has 2 aromatic rings. The minimum atomic E-state index is -0.383. The summed E-state index contributed by atoms with van der Waals surface area (Å²) in [6.45, 7) is 1.80. The lowest BCUT2D eigenvalue weighted by atomic mass is 10.2. The summed E-state index contributed by atoms with van der Waals surface area (Å²) < 4.78 is 18.2. The van der Waals surface area contributed by atoms with E-state index >= 15 is 0 Å². The summed E-state index contributed by atoms with van der Waals surface area (Å²) >= 11 is 0. The molecule has 5 nitrogen and oxygen atoms in total. The van der Waals surface area contributed by atoms with Gasteiger partial charge in [-0.05, 0) is 24.6 Å². The van der Waals surface area contributed by atoms with E-state index in [1.807, 2.05) is 0 Å². The molecule has 0 aliphatic carbocycles. The molecule has 1 aromatic carbocycles. The first-order chi connectivity index (χ1) is 7.15. The van der Waals surface area contributed by atoms with Crippen LogP contribution in [0.1, 0.15) is 5.56 Å². The molecule has 0 saturated heterocycles. The minimum Gasteiger partial charge on any atom is -0.389 e. The van der Waals surface area contributed by atoms with Crippen molar-refractivity contribution in [2.45, 2.75) is 6.92 Å². The van der Waals surface area contributed by atoms with Crippen molar-refractivity contribution in [3.05, 3.63) is 29.6 Å². The molecule has 0 bridgehead atoms. The first-order valence-corrected chi connectivity index (χ1v) is 4.27. The second-order valence-corrected chi connectivity index (χ2v) is 3.05. The van der Waals surface area contributed by atoms with E-state index in [2.05, 4.69) is 15.5 Å². The summed E-state index contributed by atoms with van der Waals surface area (Å²) in [6.07, 6.45) is 0. The average Bonchev–Trinajstić information content (AvgIpc) is 2.56. The van der Waals surface area contributed by atoms with E-state index in [1.54, 1.807) is 19.1 Å². The van der Waals surface area contributed by atoms with E-state index in [4.69, 9.17) is 10.2 Å². The zero-order chi connectivity index (χ0) is 10.8. The Morgan fingerprint density at radius 2 is 2.20 bits per heavy atom. The van der Waals surface area contributed by atoms with Crippen molar-refractivity contribution in [2.75, 3.05) is 11.1 Å². The molecule has 1 heterocycles. The zero-order valence-corrected chi connectivity index (χ0v) is 7.99. The number of nitrogen functional groups attached to an aromatic ring is 1. The molecule has 0 unspecified atom stereocenters. The fraction of sp³-hybridized carbons (Fsp3) is 0.111. The smallest absolute Gasteiger partial charge is 0.321 e. The van der Waals surface area contributed by atoms with Gasteiger partial charge in [0.2, 0.25) is 0 Å². The summed E-state index contributed by atoms with van der Waals surface area (Å²) in [5.74, 6) is -0.383. The predicted molar refractivity (Wildman–Crippen MR) is 53.1 cm³/mol. The van der Waals surface area contributed by atoms with Crippen LogP contribution in [0, 0.1) is 12.7 Å². The molecule has 2 rings (SSSR count). The predicted octanol–water partition coefficient (Wildman–Crippen LogP) is 1.84. The van der Waals surface area contributed by atoms with E-state index < -0.39 is 0 Å². The van der Waals surface area contributed by atoms with Crippen LogP contribution in [0.25, 0.3) is 0 Å². The summed E-state index contributed by atoms with van der Waals surface area (Å²) in [4.78, 5) is 0. The Morgan fingerprint density at radius 1 is 1.40 bits per heavy atom. The average molecular weight is 208 g/mol. The molecule has 0 radical (unpaired) electrons. The number of rotatable bonds is 2. The molecule has 0 atom stereocenters. The Morgan fingerprint density at radius 3 is 2.80 bits per heavy atom. The van der Waals surface area contributed by atoms with Crippen LogP contribution >= 0.6 is 0 Å². The molecule has 3 N–H and O–H groups in total. The van der Waals surface area contributed by atoms with Gasteiger partial charge in [-0.2, -0.15) is 0 Å². The lowest BCUT2D eigenvalue weighted by molar-refractivity contribution is 0.588. The third-order valence-corrected chi connectivity index (χ3v) is 1.81. The molecule has 0 aliphatic rings. The van der Waals surface area contributed by atoms with Gasteiger partial charge in [-0.25, -0.2) is 4.39 Å². The van der Waals surface area contributed by atoms with Gasteiger partial charge in [-0.1, -0.05) is 16.3 Å². The van der Waals surface area contributed by atoms with Gasteiger partial charge < -0.3 is 15.5 Å². The van der Waals surface area contributed by atoms with Crippen molar-refractivity contribution in [1.82, 2.24) is 10.2 Å². The summed E-state index contributed by atoms with van der Waals surface area (Å²) in [7, 11) is 0. The van der Waals surface area contributed by atoms with Gasteiger partial charge in [0.05, 0.1) is 5.69 Å². The highest BCUT2D eigenvalue weighted by atomic mass is 19.1. The highest BCUT2D eigenvalue weighted by Gasteiger charge is 2.06. The molecule has 1 aromatic heterocycles. The van der Waals surface area contributed by atoms with Crippen LogP contribution in [0.4, 0.5) is 22.1 Å². The van der Waals surface area contributed by atoms with Gasteiger partial charge >= 0.3 is 12.0 Å². The number of nitrogens with zero attached hydrogens (tertiary/aromatic N) is 2. The number of nitrogens with two attached hydrogens (primary N) is 1. The molecule has 6 heteroatoms. The van der Waals surface area contributed by atoms with Crippen LogP contribution in [0.15, 0.2) is 22.6 Å². The Kier molecular flexibility index (Phi) is 2.24. The quantitative estimate of drug-likeness (QED) is 0.787. The van der Waals surface area contributed by atoms with Gasteiger partial charge in [-0.15, -0.1) is 0 Å². The van der Waals surface area contributed by atoms with E-state index in [0.717, 1.165) is 5.56 Å². The van der Waals surface area contributed by atoms with Crippen LogP contribution in [-0.4, -0.2) is 10.2 Å². The third-order valence-electron chi connectivity index (χ3n) is 1.81. The SMILES string of the molecule is Cc1ccc(Nc2nnc(N)o2)c(F)c1. The highest BCUT2D eigenvalue weighted by Crippen LogP contribution is 2.20. The summed E-state index contributed by atoms with van der Waals surface area (Å²) in [5, 5.41) is 9.62. The molecular formula is C9H9FN4O. The molecule has 0 fully saturated rings. The number of hydrogen-bond acceptors (Lipinski definition) is 5. The lowest BCUT2D eigenvalue weighted by Gasteiger charge is -2.02. The number of halogens is 1. The second-order valence-electron chi connectivity index (χ2n) is 3.05. The van der Waals surface area contributed by atoms with Crippen LogP contribution in [0.3, 0.4) is 0 Å². The number of anilines is 3. The Labute approximate surface area is 85.1 Å². The Balaban J connectivity index is 2.24. The van der Waals surface area contributed by atoms with Gasteiger partial charge in [0.15, 0.2) is 0 Å². The van der Waals surface area contributed by atoms with Gasteiger partial charge in [0, 0.05) is 0 Å². The van der Waals surface area contributed by atoms with Crippen molar-refractivity contribution in [1.29, 1.82) is 0 Å². The second kappa shape index (κ2) is 3.56. The number of aryl methyl sites for hydroxylation is 1. The maximum Gasteiger partial charge on any atom is 0.321 e. The molecule has 0 saturated carbocycles. The molecule has 0 amide bonds. The molecule has 15 heavy (non-hydrogen) atoms. The van der Waals surface area contributed by atoms with Gasteiger partial charge in [0.1, 0.15) is 5.82 Å². The lowest BCUT2D eigenvalue weighted by Crippen LogP contribution is -1.94. The Hall–Kier alpha value is -2.11. The molecule has 78 valence electrons. The topological polar surface area (TPSA) is 77.0 Å². The van der Waals surface area contributed by atoms with E-state index in [-0.39, 0.29) is 23.5 Å². The van der Waals surface area contributed by atoms with Crippen molar-refractivity contribution in [3.63, 3.8) is 0 Å². The van der Waals surface area contributed by atoms with Crippen LogP contribution in [-0.2, 0) is 0 Å². The van der Waals surface area contributed by atoms with E-state index in [1.165, 1.54) is 6.07 Å². The van der Waals surface area contributed by atoms with Crippen LogP contribution in [0.5, 0.6) is 0 Å². The normalized spacial score (nSPS) is 10.3. The number of benzene rings is 1. The highest BCUT2D eigenvalue weighted by molar-refractivity contribution is 5.53. The third kappa shape index (κ3) is 2.04. The molecule has 0 aliphatic heterocycles. The van der Waals surface area contributed by atoms with Crippen molar-refractivity contribution < 1.29 is 8.81 Å². The van der Waals surface area contributed by atoms with Gasteiger partial charge in [-0.3, -0.25) is 0 Å². The largest absolute Gasteiger partial charge is 0.389 e. The number of hydrogen-bond donors (Lipinski definition) is 2. The number of aromatic nitrogens is 2. The van der Waals surface area contributed by atoms with Crippen LogP contribution < -0.4 is 11.1 Å². The van der Waals surface area contributed by atoms with Gasteiger partial charge in [0.25, 0.3) is 0 Å². The van der Waals surface area contributed by atoms with E-state index in [9.17, 15) is 4.39 Å². The maximum atomic E-state index is 13.4. The maximum absolute atomic E-state index is 13.4. The zero-order valence-electron chi connectivity index (χ0n) is 7.99. The van der Waals surface area contributed by atoms with Crippen molar-refractivity contribution >= 4 is 17.7 Å². The number of nitrogens with one attached hydrogen (secondary N) is 1. The molecular weight excluding hydrogens is 199 g/mol. The first kappa shape index (κ1) is 9.45. The van der Waals surface area contributed by atoms with Crippen molar-refractivity contribution in [2.24, 2.45) is 0 Å². The minimum absolute atomic E-state index is 0.0648. The van der Waals surface area contributed by atoms with Crippen LogP contribution in [0.2, 0.25) is 0 Å².